The Labute approximate surface area is 193 Å². The number of aryl methyl sites for hydroxylation is 2. The van der Waals surface area contributed by atoms with E-state index in [9.17, 15) is 0 Å². The normalized spacial score (nSPS) is 10.8. The van der Waals surface area contributed by atoms with E-state index in [1.54, 1.807) is 0 Å². The monoisotopic (exact) mass is 460 g/mol. The van der Waals surface area contributed by atoms with Crippen LogP contribution in [0.3, 0.4) is 0 Å². The molecule has 3 rings (SSSR count). The Hall–Kier alpha value is -2.08. The number of anilines is 2. The standard InChI is InChI=1S/C23H26Cl2N4S/c1-4-5-7-17-10-12-18(13-11-17)26-23(30)27-22-15(2)28-29(16(22)3)14-19-20(24)8-6-9-21(19)25/h6,8-13H,4-5,7,14H2,1-3H3,(H2,26,27,30). The zero-order valence-electron chi connectivity index (χ0n) is 17.4. The van der Waals surface area contributed by atoms with E-state index in [1.807, 2.05) is 36.7 Å². The van der Waals surface area contributed by atoms with Gasteiger partial charge in [0, 0.05) is 21.3 Å². The quantitative estimate of drug-likeness (QED) is 0.372. The molecule has 0 aliphatic carbocycles. The Morgan fingerprint density at radius 1 is 1.03 bits per heavy atom. The summed E-state index contributed by atoms with van der Waals surface area (Å²) in [4.78, 5) is 0. The van der Waals surface area contributed by atoms with Crippen molar-refractivity contribution in [2.24, 2.45) is 0 Å². The van der Waals surface area contributed by atoms with Gasteiger partial charge in [-0.15, -0.1) is 0 Å². The zero-order valence-corrected chi connectivity index (χ0v) is 19.8. The molecule has 0 amide bonds. The predicted molar refractivity (Wildman–Crippen MR) is 132 cm³/mol. The van der Waals surface area contributed by atoms with Crippen LogP contribution in [-0.4, -0.2) is 14.9 Å². The van der Waals surface area contributed by atoms with Crippen LogP contribution in [0.2, 0.25) is 10.0 Å². The van der Waals surface area contributed by atoms with Crippen molar-refractivity contribution in [3.63, 3.8) is 0 Å². The van der Waals surface area contributed by atoms with Gasteiger partial charge in [-0.2, -0.15) is 5.10 Å². The molecule has 0 radical (unpaired) electrons. The van der Waals surface area contributed by atoms with Crippen LogP contribution in [0, 0.1) is 13.8 Å². The summed E-state index contributed by atoms with van der Waals surface area (Å²) in [6.07, 6.45) is 3.50. The lowest BCUT2D eigenvalue weighted by Gasteiger charge is -2.12. The second-order valence-corrected chi connectivity index (χ2v) is 8.51. The number of nitrogens with zero attached hydrogens (tertiary/aromatic N) is 2. The van der Waals surface area contributed by atoms with Crippen LogP contribution in [0.1, 0.15) is 42.3 Å². The highest BCUT2D eigenvalue weighted by atomic mass is 35.5. The van der Waals surface area contributed by atoms with Crippen molar-refractivity contribution >= 4 is 51.9 Å². The zero-order chi connectivity index (χ0) is 21.7. The number of unbranched alkanes of at least 4 members (excludes halogenated alkanes) is 1. The number of aromatic nitrogens is 2. The summed E-state index contributed by atoms with van der Waals surface area (Å²) in [5, 5.41) is 12.9. The summed E-state index contributed by atoms with van der Waals surface area (Å²) in [7, 11) is 0. The lowest BCUT2D eigenvalue weighted by atomic mass is 10.1. The molecule has 4 nitrogen and oxygen atoms in total. The van der Waals surface area contributed by atoms with Gasteiger partial charge in [0.2, 0.25) is 0 Å². The minimum Gasteiger partial charge on any atom is -0.332 e. The minimum atomic E-state index is 0.492. The van der Waals surface area contributed by atoms with E-state index >= 15 is 0 Å². The van der Waals surface area contributed by atoms with Gasteiger partial charge in [-0.1, -0.05) is 54.7 Å². The Bertz CT molecular complexity index is 1010. The molecule has 0 fully saturated rings. The second kappa shape index (κ2) is 10.3. The van der Waals surface area contributed by atoms with Crippen molar-refractivity contribution in [2.75, 3.05) is 10.6 Å². The van der Waals surface area contributed by atoms with Gasteiger partial charge < -0.3 is 10.6 Å². The van der Waals surface area contributed by atoms with Crippen molar-refractivity contribution in [3.05, 3.63) is 75.0 Å². The Morgan fingerprint density at radius 2 is 1.70 bits per heavy atom. The second-order valence-electron chi connectivity index (χ2n) is 7.28. The summed E-state index contributed by atoms with van der Waals surface area (Å²) < 4.78 is 1.88. The molecule has 30 heavy (non-hydrogen) atoms. The lowest BCUT2D eigenvalue weighted by molar-refractivity contribution is 0.659. The van der Waals surface area contributed by atoms with Crippen molar-refractivity contribution in [3.8, 4) is 0 Å². The molecule has 3 aromatic rings. The molecule has 0 saturated heterocycles. The molecule has 0 aliphatic heterocycles. The summed E-state index contributed by atoms with van der Waals surface area (Å²) in [6, 6.07) is 13.9. The van der Waals surface area contributed by atoms with Gasteiger partial charge in [0.25, 0.3) is 0 Å². The van der Waals surface area contributed by atoms with E-state index < -0.39 is 0 Å². The van der Waals surface area contributed by atoms with E-state index in [4.69, 9.17) is 35.4 Å². The van der Waals surface area contributed by atoms with Gasteiger partial charge in [0.1, 0.15) is 0 Å². The highest BCUT2D eigenvalue weighted by Gasteiger charge is 2.15. The summed E-state index contributed by atoms with van der Waals surface area (Å²) >= 11 is 18.2. The Balaban J connectivity index is 1.69. The molecular weight excluding hydrogens is 435 g/mol. The molecule has 2 aromatic carbocycles. The molecular formula is C23H26Cl2N4S. The van der Waals surface area contributed by atoms with Gasteiger partial charge in [-0.05, 0) is 68.7 Å². The summed E-state index contributed by atoms with van der Waals surface area (Å²) in [5.74, 6) is 0. The maximum absolute atomic E-state index is 6.32. The van der Waals surface area contributed by atoms with E-state index in [1.165, 1.54) is 18.4 Å². The smallest absolute Gasteiger partial charge is 0.175 e. The van der Waals surface area contributed by atoms with Crippen LogP contribution < -0.4 is 10.6 Å². The topological polar surface area (TPSA) is 41.9 Å². The third-order valence-corrected chi connectivity index (χ3v) is 5.93. The van der Waals surface area contributed by atoms with Gasteiger partial charge in [-0.3, -0.25) is 4.68 Å². The Morgan fingerprint density at radius 3 is 2.33 bits per heavy atom. The number of hydrogen-bond acceptors (Lipinski definition) is 2. The van der Waals surface area contributed by atoms with Crippen molar-refractivity contribution in [2.45, 2.75) is 46.6 Å². The first-order valence-electron chi connectivity index (χ1n) is 10.0. The first-order chi connectivity index (χ1) is 14.4. The van der Waals surface area contributed by atoms with Gasteiger partial charge in [0.05, 0.1) is 23.6 Å². The van der Waals surface area contributed by atoms with E-state index in [2.05, 4.69) is 46.9 Å². The maximum Gasteiger partial charge on any atom is 0.175 e. The molecule has 1 heterocycles. The highest BCUT2D eigenvalue weighted by molar-refractivity contribution is 7.80. The predicted octanol–water partition coefficient (Wildman–Crippen LogP) is 7.01. The van der Waals surface area contributed by atoms with Crippen molar-refractivity contribution < 1.29 is 0 Å². The molecule has 0 aliphatic rings. The van der Waals surface area contributed by atoms with Crippen LogP contribution in [0.5, 0.6) is 0 Å². The SMILES string of the molecule is CCCCc1ccc(NC(=S)Nc2c(C)nn(Cc3c(Cl)cccc3Cl)c2C)cc1. The fourth-order valence-electron chi connectivity index (χ4n) is 3.28. The lowest BCUT2D eigenvalue weighted by Crippen LogP contribution is -2.20. The molecule has 7 heteroatoms. The molecule has 158 valence electrons. The number of nitrogens with one attached hydrogen (secondary N) is 2. The first-order valence-corrected chi connectivity index (χ1v) is 11.2. The van der Waals surface area contributed by atoms with Crippen LogP contribution in [-0.2, 0) is 13.0 Å². The van der Waals surface area contributed by atoms with Gasteiger partial charge >= 0.3 is 0 Å². The first kappa shape index (κ1) is 22.6. The third kappa shape index (κ3) is 5.54. The minimum absolute atomic E-state index is 0.492. The molecule has 2 N–H and O–H groups in total. The molecule has 1 aromatic heterocycles. The van der Waals surface area contributed by atoms with Crippen molar-refractivity contribution in [1.29, 1.82) is 0 Å². The number of thiocarbonyl (C=S) groups is 1. The number of halogens is 2. The van der Waals surface area contributed by atoms with E-state index in [0.29, 0.717) is 21.7 Å². The van der Waals surface area contributed by atoms with Crippen LogP contribution >= 0.6 is 35.4 Å². The maximum atomic E-state index is 6.32. The summed E-state index contributed by atoms with van der Waals surface area (Å²) in [5.41, 5.74) is 5.85. The van der Waals surface area contributed by atoms with E-state index in [0.717, 1.165) is 34.7 Å². The van der Waals surface area contributed by atoms with E-state index in [-0.39, 0.29) is 0 Å². The molecule has 0 bridgehead atoms. The third-order valence-electron chi connectivity index (χ3n) is 5.02. The van der Waals surface area contributed by atoms with Crippen LogP contribution in [0.4, 0.5) is 11.4 Å². The van der Waals surface area contributed by atoms with Crippen molar-refractivity contribution in [1.82, 2.24) is 9.78 Å². The number of hydrogen-bond donors (Lipinski definition) is 2. The highest BCUT2D eigenvalue weighted by Crippen LogP contribution is 2.27. The van der Waals surface area contributed by atoms with Gasteiger partial charge in [0.15, 0.2) is 5.11 Å². The largest absolute Gasteiger partial charge is 0.332 e. The Kier molecular flexibility index (Phi) is 7.75. The van der Waals surface area contributed by atoms with Crippen LogP contribution in [0.15, 0.2) is 42.5 Å². The van der Waals surface area contributed by atoms with Gasteiger partial charge in [-0.25, -0.2) is 0 Å². The molecule has 0 unspecified atom stereocenters. The molecule has 0 atom stereocenters. The summed E-state index contributed by atoms with van der Waals surface area (Å²) in [6.45, 7) is 6.64. The fourth-order valence-corrected chi connectivity index (χ4v) is 4.01. The molecule has 0 saturated carbocycles. The number of benzene rings is 2. The molecule has 0 spiro atoms. The van der Waals surface area contributed by atoms with Crippen LogP contribution in [0.25, 0.3) is 0 Å². The fraction of sp³-hybridized carbons (Fsp3) is 0.304. The average Bonchev–Trinajstić information content (AvgIpc) is 2.97. The number of rotatable bonds is 7. The average molecular weight is 461 g/mol.